The largest absolute Gasteiger partial charge is 0.368 e. The van der Waals surface area contributed by atoms with E-state index in [1.54, 1.807) is 13.2 Å². The average molecular weight is 290 g/mol. The van der Waals surface area contributed by atoms with E-state index in [9.17, 15) is 4.79 Å². The predicted octanol–water partition coefficient (Wildman–Crippen LogP) is 1.93. The number of nitrogens with two attached hydrogens (primary N) is 1. The van der Waals surface area contributed by atoms with Gasteiger partial charge in [0.2, 0.25) is 0 Å². The molecule has 1 aliphatic carbocycles. The zero-order chi connectivity index (χ0) is 15.2. The van der Waals surface area contributed by atoms with Crippen LogP contribution in [0.15, 0.2) is 18.3 Å². The Balaban J connectivity index is 2.19. The van der Waals surface area contributed by atoms with Crippen LogP contribution in [-0.2, 0) is 0 Å². The fourth-order valence-corrected chi connectivity index (χ4v) is 3.03. The summed E-state index contributed by atoms with van der Waals surface area (Å²) in [5.41, 5.74) is 7.57. The number of nitrogens with one attached hydrogen (secondary N) is 1. The Morgan fingerprint density at radius 3 is 2.76 bits per heavy atom. The molecule has 0 saturated heterocycles. The van der Waals surface area contributed by atoms with Crippen molar-refractivity contribution in [3.05, 3.63) is 24.0 Å². The zero-order valence-corrected chi connectivity index (χ0v) is 13.0. The minimum atomic E-state index is -0.140. The molecule has 1 fully saturated rings. The molecule has 5 nitrogen and oxygen atoms in total. The van der Waals surface area contributed by atoms with Crippen molar-refractivity contribution < 1.29 is 4.79 Å². The van der Waals surface area contributed by atoms with Crippen LogP contribution in [0.5, 0.6) is 0 Å². The van der Waals surface area contributed by atoms with Crippen molar-refractivity contribution in [3.8, 4) is 0 Å². The first-order valence-corrected chi connectivity index (χ1v) is 7.86. The third-order valence-electron chi connectivity index (χ3n) is 4.18. The summed E-state index contributed by atoms with van der Waals surface area (Å²) in [5.74, 6) is -0.140. The number of carbonyl (C=O) groups excluding carboxylic acids is 1. The normalized spacial score (nSPS) is 21.9. The van der Waals surface area contributed by atoms with E-state index in [1.807, 2.05) is 12.1 Å². The average Bonchev–Trinajstić information content (AvgIpc) is 2.53. The van der Waals surface area contributed by atoms with Crippen molar-refractivity contribution in [1.29, 1.82) is 0 Å². The second kappa shape index (κ2) is 7.41. The van der Waals surface area contributed by atoms with Crippen molar-refractivity contribution in [3.63, 3.8) is 0 Å². The van der Waals surface area contributed by atoms with Gasteiger partial charge >= 0.3 is 0 Å². The zero-order valence-electron chi connectivity index (χ0n) is 13.0. The first-order chi connectivity index (χ1) is 10.2. The summed E-state index contributed by atoms with van der Waals surface area (Å²) in [7, 11) is 1.63. The summed E-state index contributed by atoms with van der Waals surface area (Å²) in [5, 5.41) is 2.63. The van der Waals surface area contributed by atoms with Crippen molar-refractivity contribution >= 4 is 11.6 Å². The third kappa shape index (κ3) is 3.94. The smallest absolute Gasteiger partial charge is 0.269 e. The second-order valence-electron chi connectivity index (χ2n) is 5.74. The lowest BCUT2D eigenvalue weighted by atomic mass is 9.90. The molecule has 1 aromatic rings. The summed E-state index contributed by atoms with van der Waals surface area (Å²) >= 11 is 0. The van der Waals surface area contributed by atoms with E-state index in [0.29, 0.717) is 17.8 Å². The van der Waals surface area contributed by atoms with Crippen LogP contribution in [0.4, 0.5) is 5.69 Å². The molecule has 0 bridgehead atoms. The predicted molar refractivity (Wildman–Crippen MR) is 85.5 cm³/mol. The van der Waals surface area contributed by atoms with Crippen LogP contribution in [0.25, 0.3) is 0 Å². The van der Waals surface area contributed by atoms with E-state index in [-0.39, 0.29) is 5.91 Å². The molecule has 1 aromatic heterocycles. The molecule has 21 heavy (non-hydrogen) atoms. The van der Waals surface area contributed by atoms with Gasteiger partial charge in [0.05, 0.1) is 0 Å². The summed E-state index contributed by atoms with van der Waals surface area (Å²) in [6.07, 6.45) is 7.21. The minimum Gasteiger partial charge on any atom is -0.368 e. The number of carbonyl (C=O) groups is 1. The molecule has 0 atom stereocenters. The Morgan fingerprint density at radius 2 is 2.14 bits per heavy atom. The molecule has 1 saturated carbocycles. The number of rotatable bonds is 5. The van der Waals surface area contributed by atoms with Gasteiger partial charge in [-0.25, -0.2) is 0 Å². The van der Waals surface area contributed by atoms with E-state index < -0.39 is 0 Å². The lowest BCUT2D eigenvalue weighted by Gasteiger charge is -2.37. The Labute approximate surface area is 126 Å². The fourth-order valence-electron chi connectivity index (χ4n) is 3.03. The summed E-state index contributed by atoms with van der Waals surface area (Å²) < 4.78 is 0. The Bertz CT molecular complexity index is 469. The van der Waals surface area contributed by atoms with Gasteiger partial charge in [-0.2, -0.15) is 0 Å². The van der Waals surface area contributed by atoms with Gasteiger partial charge in [0.15, 0.2) is 0 Å². The molecule has 0 spiro atoms. The van der Waals surface area contributed by atoms with Crippen molar-refractivity contribution in [2.24, 2.45) is 5.73 Å². The molecule has 116 valence electrons. The molecule has 1 amide bonds. The highest BCUT2D eigenvalue weighted by Gasteiger charge is 2.24. The molecule has 0 unspecified atom stereocenters. The molecule has 3 N–H and O–H groups in total. The van der Waals surface area contributed by atoms with Gasteiger partial charge in [-0.1, -0.05) is 6.92 Å². The number of nitrogens with zero attached hydrogens (tertiary/aromatic N) is 2. The summed E-state index contributed by atoms with van der Waals surface area (Å²) in [4.78, 5) is 18.3. The maximum atomic E-state index is 11.8. The first-order valence-electron chi connectivity index (χ1n) is 7.86. The van der Waals surface area contributed by atoms with Gasteiger partial charge in [-0.3, -0.25) is 9.78 Å². The van der Waals surface area contributed by atoms with Gasteiger partial charge < -0.3 is 16.0 Å². The van der Waals surface area contributed by atoms with Crippen LogP contribution in [0.3, 0.4) is 0 Å². The van der Waals surface area contributed by atoms with Gasteiger partial charge in [0, 0.05) is 37.6 Å². The van der Waals surface area contributed by atoms with Crippen molar-refractivity contribution in [2.75, 3.05) is 18.5 Å². The molecule has 5 heteroatoms. The third-order valence-corrected chi connectivity index (χ3v) is 4.18. The molecular weight excluding hydrogens is 264 g/mol. The number of amides is 1. The van der Waals surface area contributed by atoms with Gasteiger partial charge in [-0.15, -0.1) is 0 Å². The Morgan fingerprint density at radius 1 is 1.43 bits per heavy atom. The topological polar surface area (TPSA) is 71.2 Å². The highest BCUT2D eigenvalue weighted by Crippen LogP contribution is 2.27. The number of hydrogen-bond acceptors (Lipinski definition) is 4. The molecule has 1 heterocycles. The van der Waals surface area contributed by atoms with Crippen LogP contribution < -0.4 is 16.0 Å². The number of pyridine rings is 1. The Hall–Kier alpha value is -1.62. The molecule has 0 aromatic carbocycles. The molecule has 2 rings (SSSR count). The SMILES string of the molecule is CCCN(c1ccnc(C(=O)NC)c1)C1CCC(N)CC1. The number of aromatic nitrogens is 1. The first kappa shape index (κ1) is 15.8. The Kier molecular flexibility index (Phi) is 5.56. The van der Waals surface area contributed by atoms with Crippen molar-refractivity contribution in [1.82, 2.24) is 10.3 Å². The second-order valence-corrected chi connectivity index (χ2v) is 5.74. The highest BCUT2D eigenvalue weighted by atomic mass is 16.1. The van der Waals surface area contributed by atoms with Crippen LogP contribution >= 0.6 is 0 Å². The quantitative estimate of drug-likeness (QED) is 0.869. The summed E-state index contributed by atoms with van der Waals surface area (Å²) in [6.45, 7) is 3.18. The highest BCUT2D eigenvalue weighted by molar-refractivity contribution is 5.92. The summed E-state index contributed by atoms with van der Waals surface area (Å²) in [6, 6.07) is 4.76. The van der Waals surface area contributed by atoms with Crippen LogP contribution in [0, 0.1) is 0 Å². The standard InChI is InChI=1S/C16H26N4O/c1-3-10-20(13-6-4-12(17)5-7-13)14-8-9-19-15(11-14)16(21)18-2/h8-9,11-13H,3-7,10,17H2,1-2H3,(H,18,21). The van der Waals surface area contributed by atoms with E-state index in [0.717, 1.165) is 44.3 Å². The lowest BCUT2D eigenvalue weighted by Crippen LogP contribution is -2.41. The maximum absolute atomic E-state index is 11.8. The van der Waals surface area contributed by atoms with E-state index in [4.69, 9.17) is 5.73 Å². The van der Waals surface area contributed by atoms with E-state index in [2.05, 4.69) is 22.1 Å². The molecule has 0 radical (unpaired) electrons. The fraction of sp³-hybridized carbons (Fsp3) is 0.625. The van der Waals surface area contributed by atoms with Gasteiger partial charge in [-0.05, 0) is 44.2 Å². The van der Waals surface area contributed by atoms with Crippen molar-refractivity contribution in [2.45, 2.75) is 51.1 Å². The minimum absolute atomic E-state index is 0.140. The van der Waals surface area contributed by atoms with Crippen LogP contribution in [0.2, 0.25) is 0 Å². The lowest BCUT2D eigenvalue weighted by molar-refractivity contribution is 0.0958. The van der Waals surface area contributed by atoms with E-state index >= 15 is 0 Å². The number of anilines is 1. The van der Waals surface area contributed by atoms with Gasteiger partial charge in [0.25, 0.3) is 5.91 Å². The number of hydrogen-bond donors (Lipinski definition) is 2. The van der Waals surface area contributed by atoms with Crippen LogP contribution in [-0.4, -0.2) is 36.6 Å². The van der Waals surface area contributed by atoms with Gasteiger partial charge in [0.1, 0.15) is 5.69 Å². The maximum Gasteiger partial charge on any atom is 0.269 e. The van der Waals surface area contributed by atoms with E-state index in [1.165, 1.54) is 0 Å². The molecular formula is C16H26N4O. The molecule has 0 aliphatic heterocycles. The molecule has 1 aliphatic rings. The van der Waals surface area contributed by atoms with Crippen LogP contribution in [0.1, 0.15) is 49.5 Å². The monoisotopic (exact) mass is 290 g/mol.